The molecule has 0 N–H and O–H groups in total. The van der Waals surface area contributed by atoms with Crippen LogP contribution in [0.1, 0.15) is 49.7 Å². The van der Waals surface area contributed by atoms with Crippen molar-refractivity contribution in [2.24, 2.45) is 5.92 Å². The summed E-state index contributed by atoms with van der Waals surface area (Å²) < 4.78 is 0. The summed E-state index contributed by atoms with van der Waals surface area (Å²) in [6.07, 6.45) is 5.66. The fourth-order valence-electron chi connectivity index (χ4n) is 2.63. The van der Waals surface area contributed by atoms with E-state index in [1.54, 1.807) is 5.56 Å². The highest BCUT2D eigenvalue weighted by molar-refractivity contribution is 5.25. The Morgan fingerprint density at radius 3 is 2.29 bits per heavy atom. The third-order valence-corrected chi connectivity index (χ3v) is 3.62. The summed E-state index contributed by atoms with van der Waals surface area (Å²) in [5.74, 6) is 1.70. The lowest BCUT2D eigenvalue weighted by atomic mass is 9.76. The molecule has 1 fully saturated rings. The fraction of sp³-hybridized carbons (Fsp3) is 0.571. The van der Waals surface area contributed by atoms with E-state index in [0.717, 1.165) is 11.8 Å². The second kappa shape index (κ2) is 4.16. The van der Waals surface area contributed by atoms with Crippen LogP contribution in [-0.4, -0.2) is 0 Å². The Morgan fingerprint density at radius 2 is 1.64 bits per heavy atom. The van der Waals surface area contributed by atoms with E-state index in [0.29, 0.717) is 0 Å². The van der Waals surface area contributed by atoms with Gasteiger partial charge in [-0.1, -0.05) is 56.0 Å². The van der Waals surface area contributed by atoms with Crippen molar-refractivity contribution >= 4 is 0 Å². The highest BCUT2D eigenvalue weighted by Crippen LogP contribution is 2.37. The van der Waals surface area contributed by atoms with Crippen LogP contribution in [0.5, 0.6) is 0 Å². The minimum Gasteiger partial charge on any atom is -0.0619 e. The van der Waals surface area contributed by atoms with E-state index >= 15 is 0 Å². The Kier molecular flexibility index (Phi) is 2.90. The van der Waals surface area contributed by atoms with Crippen LogP contribution in [0.2, 0.25) is 0 Å². The summed E-state index contributed by atoms with van der Waals surface area (Å²) in [6.45, 7) is 4.57. The lowest BCUT2D eigenvalue weighted by Crippen LogP contribution is -2.14. The quantitative estimate of drug-likeness (QED) is 0.616. The number of benzene rings is 1. The second-order valence-electron chi connectivity index (χ2n) is 4.78. The molecule has 1 aromatic rings. The van der Waals surface area contributed by atoms with E-state index in [1.165, 1.54) is 31.2 Å². The number of aryl methyl sites for hydroxylation is 1. The molecule has 1 unspecified atom stereocenters. The zero-order chi connectivity index (χ0) is 9.97. The van der Waals surface area contributed by atoms with Gasteiger partial charge < -0.3 is 0 Å². The van der Waals surface area contributed by atoms with Crippen LogP contribution < -0.4 is 0 Å². The van der Waals surface area contributed by atoms with Crippen LogP contribution in [0, 0.1) is 12.8 Å². The van der Waals surface area contributed by atoms with Crippen molar-refractivity contribution in [2.75, 3.05) is 0 Å². The molecule has 14 heavy (non-hydrogen) atoms. The minimum absolute atomic E-state index is 0.823. The Labute approximate surface area is 87.3 Å². The topological polar surface area (TPSA) is 0 Å². The van der Waals surface area contributed by atoms with Gasteiger partial charge in [0.05, 0.1) is 0 Å². The molecule has 0 amide bonds. The van der Waals surface area contributed by atoms with Crippen molar-refractivity contribution < 1.29 is 0 Å². The summed E-state index contributed by atoms with van der Waals surface area (Å²) in [7, 11) is 0. The van der Waals surface area contributed by atoms with Crippen LogP contribution in [0.15, 0.2) is 24.3 Å². The smallest absolute Gasteiger partial charge is 0.0136 e. The standard InChI is InChI=1S/C14H20/c1-11-7-9-13(10-8-11)14-6-4-3-5-12(14)2/h7-10,12,14H,3-6H2,1-2H3/t12-,14?/m0/s1. The minimum atomic E-state index is 0.823. The largest absolute Gasteiger partial charge is 0.0619 e. The molecule has 0 heteroatoms. The van der Waals surface area contributed by atoms with Crippen molar-refractivity contribution in [3.05, 3.63) is 35.4 Å². The van der Waals surface area contributed by atoms with Gasteiger partial charge in [-0.3, -0.25) is 0 Å². The van der Waals surface area contributed by atoms with Gasteiger partial charge in [0, 0.05) is 0 Å². The molecule has 1 aromatic carbocycles. The Hall–Kier alpha value is -0.780. The number of hydrogen-bond donors (Lipinski definition) is 0. The van der Waals surface area contributed by atoms with Crippen molar-refractivity contribution in [1.82, 2.24) is 0 Å². The number of hydrogen-bond acceptors (Lipinski definition) is 0. The Balaban J connectivity index is 2.16. The van der Waals surface area contributed by atoms with Crippen LogP contribution in [0.3, 0.4) is 0 Å². The van der Waals surface area contributed by atoms with Crippen LogP contribution in [0.25, 0.3) is 0 Å². The Bertz CT molecular complexity index is 283. The molecule has 76 valence electrons. The third kappa shape index (κ3) is 2.00. The molecule has 1 saturated carbocycles. The van der Waals surface area contributed by atoms with Crippen molar-refractivity contribution in [2.45, 2.75) is 45.4 Å². The third-order valence-electron chi connectivity index (χ3n) is 3.62. The average Bonchev–Trinajstić information content (AvgIpc) is 2.20. The molecule has 0 aromatic heterocycles. The second-order valence-corrected chi connectivity index (χ2v) is 4.78. The van der Waals surface area contributed by atoms with Gasteiger partial charge in [-0.25, -0.2) is 0 Å². The normalized spacial score (nSPS) is 27.6. The SMILES string of the molecule is Cc1ccc(C2CCCC[C@@H]2C)cc1. The van der Waals surface area contributed by atoms with E-state index in [1.807, 2.05) is 0 Å². The van der Waals surface area contributed by atoms with Crippen LogP contribution in [0.4, 0.5) is 0 Å². The molecule has 1 aliphatic carbocycles. The molecule has 0 heterocycles. The molecular formula is C14H20. The van der Waals surface area contributed by atoms with E-state index in [9.17, 15) is 0 Å². The highest BCUT2D eigenvalue weighted by Gasteiger charge is 2.22. The predicted molar refractivity (Wildman–Crippen MR) is 61.6 cm³/mol. The molecular weight excluding hydrogens is 168 g/mol. The maximum absolute atomic E-state index is 2.41. The van der Waals surface area contributed by atoms with Gasteiger partial charge in [0.2, 0.25) is 0 Å². The first-order chi connectivity index (χ1) is 6.77. The monoisotopic (exact) mass is 188 g/mol. The van der Waals surface area contributed by atoms with Crippen LogP contribution in [-0.2, 0) is 0 Å². The van der Waals surface area contributed by atoms with Gasteiger partial charge in [-0.15, -0.1) is 0 Å². The summed E-state index contributed by atoms with van der Waals surface area (Å²) in [5.41, 5.74) is 2.93. The van der Waals surface area contributed by atoms with Crippen molar-refractivity contribution in [1.29, 1.82) is 0 Å². The molecule has 0 bridgehead atoms. The van der Waals surface area contributed by atoms with Gasteiger partial charge in [0.15, 0.2) is 0 Å². The first-order valence-corrected chi connectivity index (χ1v) is 5.84. The lowest BCUT2D eigenvalue weighted by molar-refractivity contribution is 0.330. The number of rotatable bonds is 1. The fourth-order valence-corrected chi connectivity index (χ4v) is 2.63. The van der Waals surface area contributed by atoms with E-state index < -0.39 is 0 Å². The van der Waals surface area contributed by atoms with Gasteiger partial charge >= 0.3 is 0 Å². The molecule has 1 aliphatic rings. The van der Waals surface area contributed by atoms with Gasteiger partial charge in [-0.2, -0.15) is 0 Å². The maximum Gasteiger partial charge on any atom is -0.0136 e. The summed E-state index contributed by atoms with van der Waals surface area (Å²) in [6, 6.07) is 9.14. The molecule has 2 atom stereocenters. The van der Waals surface area contributed by atoms with E-state index in [-0.39, 0.29) is 0 Å². The molecule has 0 radical (unpaired) electrons. The van der Waals surface area contributed by atoms with Gasteiger partial charge in [0.1, 0.15) is 0 Å². The van der Waals surface area contributed by atoms with Gasteiger partial charge in [0.25, 0.3) is 0 Å². The lowest BCUT2D eigenvalue weighted by Gasteiger charge is -2.29. The predicted octanol–water partition coefficient (Wildman–Crippen LogP) is 4.29. The van der Waals surface area contributed by atoms with Crippen LogP contribution >= 0.6 is 0 Å². The molecule has 0 saturated heterocycles. The molecule has 2 rings (SSSR count). The van der Waals surface area contributed by atoms with Gasteiger partial charge in [-0.05, 0) is 30.7 Å². The molecule has 0 aliphatic heterocycles. The zero-order valence-corrected chi connectivity index (χ0v) is 9.29. The summed E-state index contributed by atoms with van der Waals surface area (Å²) in [4.78, 5) is 0. The highest BCUT2D eigenvalue weighted by atomic mass is 14.3. The maximum atomic E-state index is 2.41. The first-order valence-electron chi connectivity index (χ1n) is 5.84. The summed E-state index contributed by atoms with van der Waals surface area (Å²) in [5, 5.41) is 0. The van der Waals surface area contributed by atoms with E-state index in [4.69, 9.17) is 0 Å². The van der Waals surface area contributed by atoms with Crippen molar-refractivity contribution in [3.8, 4) is 0 Å². The average molecular weight is 188 g/mol. The first kappa shape index (κ1) is 9.76. The van der Waals surface area contributed by atoms with E-state index in [2.05, 4.69) is 38.1 Å². The molecule has 0 spiro atoms. The zero-order valence-electron chi connectivity index (χ0n) is 9.29. The van der Waals surface area contributed by atoms with Crippen molar-refractivity contribution in [3.63, 3.8) is 0 Å². The Morgan fingerprint density at radius 1 is 1.00 bits per heavy atom. The summed E-state index contributed by atoms with van der Waals surface area (Å²) >= 11 is 0. The molecule has 0 nitrogen and oxygen atoms in total.